The summed E-state index contributed by atoms with van der Waals surface area (Å²) in [6.07, 6.45) is 0.601. The van der Waals surface area contributed by atoms with Crippen LogP contribution in [0.2, 0.25) is 5.02 Å². The standard InChI is InChI=1S/C20H25ClN2O5S.H2O/c1-12-16(19(24)27-2)17(13-7-4-5-8-14(13)21)18(20(25)28-3)15(23-12)11-29(26)10-6-9-22;/h4-5,7-8,17,23H,6,9-11,22H2,1-3H3;1H2. The fourth-order valence-electron chi connectivity index (χ4n) is 3.24. The highest BCUT2D eigenvalue weighted by molar-refractivity contribution is 7.91. The molecule has 1 aliphatic rings. The van der Waals surface area contributed by atoms with E-state index in [4.69, 9.17) is 26.8 Å². The van der Waals surface area contributed by atoms with Crippen molar-refractivity contribution < 1.29 is 29.1 Å². The Morgan fingerprint density at radius 2 is 1.80 bits per heavy atom. The second-order valence-corrected chi connectivity index (χ2v) is 8.41. The number of hydrogen-bond donors (Lipinski definition) is 2. The van der Waals surface area contributed by atoms with E-state index in [2.05, 4.69) is 5.32 Å². The number of ether oxygens (including phenoxy) is 2. The van der Waals surface area contributed by atoms with Gasteiger partial charge in [0, 0.05) is 17.1 Å². The lowest BCUT2D eigenvalue weighted by Crippen LogP contribution is -2.35. The lowest BCUT2D eigenvalue weighted by atomic mass is 9.80. The third-order valence-corrected chi connectivity index (χ3v) is 6.25. The first kappa shape index (κ1) is 26.0. The lowest BCUT2D eigenvalue weighted by molar-refractivity contribution is -0.137. The van der Waals surface area contributed by atoms with E-state index in [0.717, 1.165) is 0 Å². The molecule has 0 fully saturated rings. The topological polar surface area (TPSA) is 145 Å². The molecule has 1 aromatic carbocycles. The Kier molecular flexibility index (Phi) is 10.4. The van der Waals surface area contributed by atoms with Crippen molar-refractivity contribution in [1.29, 1.82) is 0 Å². The molecule has 0 bridgehead atoms. The molecular formula is C20H27ClN2O6S. The van der Waals surface area contributed by atoms with Crippen molar-refractivity contribution >= 4 is 34.7 Å². The van der Waals surface area contributed by atoms with Crippen molar-refractivity contribution in [1.82, 2.24) is 5.32 Å². The Bertz CT molecular complexity index is 842. The number of allylic oxidation sites excluding steroid dienone is 1. The molecule has 0 aliphatic carbocycles. The molecule has 2 rings (SSSR count). The molecule has 0 saturated heterocycles. The van der Waals surface area contributed by atoms with Crippen LogP contribution in [-0.4, -0.2) is 54.2 Å². The first-order chi connectivity index (χ1) is 13.8. The SMILES string of the molecule is COC(=O)C1=C(C)NC(C[S+]([O-])CCCN)=C(C(=O)OC)C1c1ccccc1Cl.O. The number of methoxy groups -OCH3 is 2. The van der Waals surface area contributed by atoms with E-state index in [9.17, 15) is 14.1 Å². The number of nitrogens with two attached hydrogens (primary N) is 1. The first-order valence-corrected chi connectivity index (χ1v) is 10.9. The van der Waals surface area contributed by atoms with E-state index >= 15 is 0 Å². The highest BCUT2D eigenvalue weighted by Crippen LogP contribution is 2.42. The lowest BCUT2D eigenvalue weighted by Gasteiger charge is -2.31. The molecule has 1 aliphatic heterocycles. The number of halogens is 1. The summed E-state index contributed by atoms with van der Waals surface area (Å²) in [5.74, 6) is -1.55. The summed E-state index contributed by atoms with van der Waals surface area (Å²) in [6, 6.07) is 6.94. The Morgan fingerprint density at radius 1 is 1.20 bits per heavy atom. The van der Waals surface area contributed by atoms with Crippen molar-refractivity contribution in [3.63, 3.8) is 0 Å². The molecule has 0 spiro atoms. The van der Waals surface area contributed by atoms with E-state index < -0.39 is 29.0 Å². The van der Waals surface area contributed by atoms with Gasteiger partial charge >= 0.3 is 11.9 Å². The van der Waals surface area contributed by atoms with Gasteiger partial charge in [-0.25, -0.2) is 9.59 Å². The van der Waals surface area contributed by atoms with Crippen molar-refractivity contribution in [2.45, 2.75) is 19.3 Å². The third kappa shape index (κ3) is 5.77. The molecule has 2 unspecified atom stereocenters. The van der Waals surface area contributed by atoms with Crippen LogP contribution in [0.3, 0.4) is 0 Å². The van der Waals surface area contributed by atoms with Crippen molar-refractivity contribution in [3.05, 3.63) is 57.4 Å². The summed E-state index contributed by atoms with van der Waals surface area (Å²) < 4.78 is 22.5. The summed E-state index contributed by atoms with van der Waals surface area (Å²) in [5.41, 5.74) is 7.43. The minimum atomic E-state index is -1.25. The predicted octanol–water partition coefficient (Wildman–Crippen LogP) is 1.17. The van der Waals surface area contributed by atoms with E-state index in [-0.39, 0.29) is 22.4 Å². The van der Waals surface area contributed by atoms with Crippen LogP contribution in [0.4, 0.5) is 0 Å². The Hall–Kier alpha value is -2.04. The molecule has 10 heteroatoms. The summed E-state index contributed by atoms with van der Waals surface area (Å²) in [7, 11) is 2.52. The van der Waals surface area contributed by atoms with Crippen LogP contribution < -0.4 is 11.1 Å². The minimum Gasteiger partial charge on any atom is -0.616 e. The zero-order valence-electron chi connectivity index (χ0n) is 17.1. The second kappa shape index (κ2) is 12.0. The van der Waals surface area contributed by atoms with Gasteiger partial charge in [0.25, 0.3) is 0 Å². The summed E-state index contributed by atoms with van der Waals surface area (Å²) in [5, 5.41) is 3.45. The van der Waals surface area contributed by atoms with Gasteiger partial charge in [-0.3, -0.25) is 0 Å². The van der Waals surface area contributed by atoms with Crippen LogP contribution in [0.15, 0.2) is 46.8 Å². The molecular weight excluding hydrogens is 432 g/mol. The maximum atomic E-state index is 12.8. The molecule has 166 valence electrons. The Balaban J connectivity index is 0.00000450. The molecule has 0 saturated carbocycles. The van der Waals surface area contributed by atoms with Gasteiger partial charge in [-0.05, 0) is 36.3 Å². The van der Waals surface area contributed by atoms with Crippen molar-refractivity contribution in [2.24, 2.45) is 5.73 Å². The zero-order valence-corrected chi connectivity index (χ0v) is 18.7. The predicted molar refractivity (Wildman–Crippen MR) is 116 cm³/mol. The van der Waals surface area contributed by atoms with E-state index in [0.29, 0.717) is 40.7 Å². The van der Waals surface area contributed by atoms with Crippen LogP contribution in [0.25, 0.3) is 0 Å². The fraction of sp³-hybridized carbons (Fsp3) is 0.400. The molecule has 0 radical (unpaired) electrons. The maximum Gasteiger partial charge on any atom is 0.336 e. The quantitative estimate of drug-likeness (QED) is 0.439. The largest absolute Gasteiger partial charge is 0.616 e. The third-order valence-electron chi connectivity index (χ3n) is 4.55. The van der Waals surface area contributed by atoms with Gasteiger partial charge in [0.15, 0.2) is 0 Å². The Morgan fingerprint density at radius 3 is 2.37 bits per heavy atom. The number of carbonyl (C=O) groups excluding carboxylic acids is 2. The van der Waals surface area contributed by atoms with Crippen LogP contribution in [0, 0.1) is 0 Å². The molecule has 5 N–H and O–H groups in total. The van der Waals surface area contributed by atoms with Crippen molar-refractivity contribution in [2.75, 3.05) is 32.3 Å². The molecule has 1 heterocycles. The highest BCUT2D eigenvalue weighted by atomic mass is 35.5. The minimum absolute atomic E-state index is 0. The van der Waals surface area contributed by atoms with Gasteiger partial charge in [-0.2, -0.15) is 0 Å². The normalized spacial score (nSPS) is 17.1. The smallest absolute Gasteiger partial charge is 0.336 e. The van der Waals surface area contributed by atoms with Crippen LogP contribution >= 0.6 is 11.6 Å². The van der Waals surface area contributed by atoms with Gasteiger partial charge in [0.1, 0.15) is 11.5 Å². The average Bonchev–Trinajstić information content (AvgIpc) is 2.71. The molecule has 0 amide bonds. The number of dihydropyridines is 1. The van der Waals surface area contributed by atoms with Crippen LogP contribution in [-0.2, 0) is 30.2 Å². The van der Waals surface area contributed by atoms with Gasteiger partial charge < -0.3 is 30.6 Å². The fourth-order valence-corrected chi connectivity index (χ4v) is 4.67. The monoisotopic (exact) mass is 458 g/mol. The second-order valence-electron chi connectivity index (χ2n) is 6.42. The van der Waals surface area contributed by atoms with E-state index in [1.54, 1.807) is 31.2 Å². The number of benzene rings is 1. The summed E-state index contributed by atoms with van der Waals surface area (Å²) in [4.78, 5) is 25.4. The van der Waals surface area contributed by atoms with Gasteiger partial charge in [0.2, 0.25) is 0 Å². The molecule has 8 nitrogen and oxygen atoms in total. The number of nitrogens with one attached hydrogen (secondary N) is 1. The molecule has 30 heavy (non-hydrogen) atoms. The molecule has 0 aromatic heterocycles. The van der Waals surface area contributed by atoms with Crippen LogP contribution in [0.5, 0.6) is 0 Å². The number of carbonyl (C=O) groups is 2. The average molecular weight is 459 g/mol. The highest BCUT2D eigenvalue weighted by Gasteiger charge is 2.40. The summed E-state index contributed by atoms with van der Waals surface area (Å²) in [6.45, 7) is 2.13. The Labute approximate surface area is 183 Å². The van der Waals surface area contributed by atoms with Gasteiger partial charge in [0.05, 0.1) is 37.0 Å². The summed E-state index contributed by atoms with van der Waals surface area (Å²) >= 11 is 5.16. The van der Waals surface area contributed by atoms with Gasteiger partial charge in [-0.15, -0.1) is 0 Å². The van der Waals surface area contributed by atoms with E-state index in [1.165, 1.54) is 14.2 Å². The number of esters is 2. The molecule has 1 aromatic rings. The first-order valence-electron chi connectivity index (χ1n) is 9.02. The van der Waals surface area contributed by atoms with E-state index in [1.807, 2.05) is 0 Å². The molecule has 2 atom stereocenters. The zero-order chi connectivity index (χ0) is 21.6. The number of hydrogen-bond acceptors (Lipinski definition) is 7. The van der Waals surface area contributed by atoms with Crippen molar-refractivity contribution in [3.8, 4) is 0 Å². The number of rotatable bonds is 8. The van der Waals surface area contributed by atoms with Gasteiger partial charge in [-0.1, -0.05) is 29.8 Å². The maximum absolute atomic E-state index is 12.8. The van der Waals surface area contributed by atoms with Crippen LogP contribution in [0.1, 0.15) is 24.8 Å².